The molecule has 0 bridgehead atoms. The van der Waals surface area contributed by atoms with Crippen LogP contribution < -0.4 is 0 Å². The van der Waals surface area contributed by atoms with Gasteiger partial charge in [0.25, 0.3) is 0 Å². The predicted octanol–water partition coefficient (Wildman–Crippen LogP) is -1.45. The molecule has 3 N–H and O–H groups in total. The maximum atomic E-state index is 9.66. The summed E-state index contributed by atoms with van der Waals surface area (Å²) < 4.78 is 0. The fourth-order valence-corrected chi connectivity index (χ4v) is 0.348. The maximum absolute atomic E-state index is 9.66. The topological polar surface area (TPSA) is 119 Å². The number of aliphatic hydroxyl groups is 1. The Morgan fingerprint density at radius 2 is 1.42 bits per heavy atom. The van der Waals surface area contributed by atoms with Crippen LogP contribution in [0, 0.1) is 9.81 Å². The summed E-state index contributed by atoms with van der Waals surface area (Å²) in [6.07, 6.45) is -1.31. The molecule has 0 aliphatic heterocycles. The summed E-state index contributed by atoms with van der Waals surface area (Å²) in [4.78, 5) is 27.0. The van der Waals surface area contributed by atoms with Crippen molar-refractivity contribution >= 4 is 0 Å². The number of aliphatic hydroxyl groups excluding tert-OH is 1. The molecule has 0 unspecified atom stereocenters. The van der Waals surface area contributed by atoms with Gasteiger partial charge < -0.3 is 5.11 Å². The monoisotopic (exact) mass is 184 g/mol. The molecule has 0 spiro atoms. The third-order valence-electron chi connectivity index (χ3n) is 0.755. The first kappa shape index (κ1) is 10.4. The minimum Gasteiger partial charge on any atom is -0.385 e. The fourth-order valence-electron chi connectivity index (χ4n) is 0.348. The van der Waals surface area contributed by atoms with E-state index < -0.39 is 29.5 Å². The third kappa shape index (κ3) is 6.48. The summed E-state index contributed by atoms with van der Waals surface area (Å²) in [5.41, 5.74) is 0. The zero-order valence-electron chi connectivity index (χ0n) is 5.86. The first-order valence-electron chi connectivity index (χ1n) is 2.78. The molecule has 0 aromatic heterocycles. The van der Waals surface area contributed by atoms with Crippen molar-refractivity contribution in [2.45, 2.75) is 6.10 Å². The van der Waals surface area contributed by atoms with E-state index in [1.807, 2.05) is 0 Å². The molecule has 0 aromatic carbocycles. The van der Waals surface area contributed by atoms with Crippen LogP contribution in [-0.2, 0) is 9.68 Å². The Balaban J connectivity index is 3.39. The molecule has 12 heavy (non-hydrogen) atoms. The van der Waals surface area contributed by atoms with Crippen LogP contribution in [0.25, 0.3) is 0 Å². The van der Waals surface area contributed by atoms with Gasteiger partial charge in [0, 0.05) is 0 Å². The highest BCUT2D eigenvalue weighted by atomic mass is 17.0. The van der Waals surface area contributed by atoms with E-state index in [9.17, 15) is 9.81 Å². The Kier molecular flexibility index (Phi) is 4.38. The van der Waals surface area contributed by atoms with Gasteiger partial charge in [0.1, 0.15) is 15.9 Å². The van der Waals surface area contributed by atoms with Gasteiger partial charge in [-0.3, -0.25) is 0 Å². The van der Waals surface area contributed by atoms with Crippen LogP contribution in [0.5, 0.6) is 0 Å². The Labute approximate surface area is 65.7 Å². The van der Waals surface area contributed by atoms with Crippen molar-refractivity contribution in [3.05, 3.63) is 9.81 Å². The van der Waals surface area contributed by atoms with E-state index in [1.54, 1.807) is 0 Å². The number of nitrogens with zero attached hydrogens (tertiary/aromatic N) is 2. The second kappa shape index (κ2) is 5.07. The molecule has 0 aromatic rings. The quantitative estimate of drug-likeness (QED) is 0.432. The lowest BCUT2D eigenvalue weighted by Gasteiger charge is -1.98. The van der Waals surface area contributed by atoms with Gasteiger partial charge in [0.05, 0.1) is 0 Å². The average Bonchev–Trinajstić information content (AvgIpc) is 1.96. The molecule has 9 heteroatoms. The van der Waals surface area contributed by atoms with Crippen molar-refractivity contribution in [1.29, 1.82) is 0 Å². The largest absolute Gasteiger partial charge is 0.475 e. The van der Waals surface area contributed by atoms with E-state index in [1.165, 1.54) is 0 Å². The summed E-state index contributed by atoms with van der Waals surface area (Å²) in [6, 6.07) is 0. The Bertz CT molecular complexity index is 152. The van der Waals surface area contributed by atoms with E-state index in [2.05, 4.69) is 9.68 Å². The molecule has 0 atom stereocenters. The Hall–Kier alpha value is -1.64. The van der Waals surface area contributed by atoms with E-state index in [0.29, 0.717) is 0 Å². The molecule has 0 fully saturated rings. The first-order valence-corrected chi connectivity index (χ1v) is 2.78. The van der Waals surface area contributed by atoms with Crippen LogP contribution in [0.3, 0.4) is 0 Å². The van der Waals surface area contributed by atoms with Crippen molar-refractivity contribution in [1.82, 2.24) is 0 Å². The summed E-state index contributed by atoms with van der Waals surface area (Å²) in [5, 5.41) is 22.8. The standard InChI is InChI=1S/C3H8N2O7/c6-3(1-11-4(7)8)2-12-5(9)10/h3,6H,1-2H2,(H,7,8)(H,9,10)/q+2. The third-order valence-corrected chi connectivity index (χ3v) is 0.755. The molecule has 0 aliphatic rings. The highest BCUT2D eigenvalue weighted by molar-refractivity contribution is 4.46. The lowest BCUT2D eigenvalue weighted by Crippen LogP contribution is -2.25. The van der Waals surface area contributed by atoms with Crippen LogP contribution in [0.2, 0.25) is 0 Å². The minimum absolute atomic E-state index is 0.562. The van der Waals surface area contributed by atoms with Crippen molar-refractivity contribution in [3.8, 4) is 0 Å². The van der Waals surface area contributed by atoms with Crippen molar-refractivity contribution in [2.24, 2.45) is 0 Å². The molecule has 70 valence electrons. The smallest absolute Gasteiger partial charge is 0.385 e. The normalized spacial score (nSPS) is 9.50. The molecule has 0 saturated carbocycles. The van der Waals surface area contributed by atoms with Crippen LogP contribution in [-0.4, -0.2) is 45.0 Å². The highest BCUT2D eigenvalue weighted by Crippen LogP contribution is 1.86. The van der Waals surface area contributed by atoms with E-state index >= 15 is 0 Å². The average molecular weight is 184 g/mol. The van der Waals surface area contributed by atoms with Gasteiger partial charge in [-0.2, -0.15) is 9.68 Å². The van der Waals surface area contributed by atoms with Crippen LogP contribution in [0.4, 0.5) is 0 Å². The molecular formula is C3H8N2O7+2. The maximum Gasteiger partial charge on any atom is 0.475 e. The van der Waals surface area contributed by atoms with Gasteiger partial charge >= 0.3 is 10.2 Å². The van der Waals surface area contributed by atoms with Gasteiger partial charge in [0.2, 0.25) is 0 Å². The summed E-state index contributed by atoms with van der Waals surface area (Å²) in [7, 11) is 0. The highest BCUT2D eigenvalue weighted by Gasteiger charge is 2.17. The fraction of sp³-hybridized carbons (Fsp3) is 1.00. The van der Waals surface area contributed by atoms with Gasteiger partial charge in [0.15, 0.2) is 13.2 Å². The molecule has 0 saturated heterocycles. The van der Waals surface area contributed by atoms with Crippen LogP contribution in [0.1, 0.15) is 0 Å². The summed E-state index contributed by atoms with van der Waals surface area (Å²) in [5.74, 6) is 0. The van der Waals surface area contributed by atoms with Gasteiger partial charge in [-0.1, -0.05) is 0 Å². The molecule has 0 heterocycles. The van der Waals surface area contributed by atoms with Gasteiger partial charge in [-0.25, -0.2) is 10.4 Å². The number of hydrogen-bond donors (Lipinski definition) is 3. The van der Waals surface area contributed by atoms with Crippen molar-refractivity contribution in [2.75, 3.05) is 13.2 Å². The van der Waals surface area contributed by atoms with Gasteiger partial charge in [-0.05, 0) is 0 Å². The Morgan fingerprint density at radius 1 is 1.08 bits per heavy atom. The van der Waals surface area contributed by atoms with Gasteiger partial charge in [-0.15, -0.1) is 0 Å². The molecule has 9 nitrogen and oxygen atoms in total. The van der Waals surface area contributed by atoms with Crippen LogP contribution >= 0.6 is 0 Å². The molecule has 0 radical (unpaired) electrons. The lowest BCUT2D eigenvalue weighted by atomic mass is 10.4. The van der Waals surface area contributed by atoms with E-state index in [-0.39, 0.29) is 0 Å². The summed E-state index contributed by atoms with van der Waals surface area (Å²) in [6.45, 7) is -1.12. The minimum atomic E-state index is -1.31. The molecule has 0 rings (SSSR count). The second-order valence-corrected chi connectivity index (χ2v) is 1.72. The van der Waals surface area contributed by atoms with Crippen LogP contribution in [0.15, 0.2) is 0 Å². The van der Waals surface area contributed by atoms with Crippen molar-refractivity contribution in [3.63, 3.8) is 0 Å². The number of rotatable bonds is 6. The second-order valence-electron chi connectivity index (χ2n) is 1.72. The zero-order chi connectivity index (χ0) is 9.56. The van der Waals surface area contributed by atoms with Crippen molar-refractivity contribution < 1.29 is 35.4 Å². The lowest BCUT2D eigenvalue weighted by molar-refractivity contribution is -0.981. The summed E-state index contributed by atoms with van der Waals surface area (Å²) >= 11 is 0. The zero-order valence-corrected chi connectivity index (χ0v) is 5.86. The molecule has 0 aliphatic carbocycles. The van der Waals surface area contributed by atoms with E-state index in [0.717, 1.165) is 0 Å². The SMILES string of the molecule is O=[N+](O)OCC(O)CO[N+](=O)O. The van der Waals surface area contributed by atoms with E-state index in [4.69, 9.17) is 15.5 Å². The Morgan fingerprint density at radius 3 is 1.67 bits per heavy atom. The predicted molar refractivity (Wildman–Crippen MR) is 28.7 cm³/mol. The molecule has 0 amide bonds. The molecular weight excluding hydrogens is 176 g/mol. The number of hydrogen-bond acceptors (Lipinski definition) is 5. The first-order chi connectivity index (χ1) is 5.52.